The molecule has 1 aliphatic heterocycles. The number of hydrogen-bond donors (Lipinski definition) is 1. The molecular formula is C25H30FN3S. The molecule has 1 aromatic heterocycles. The molecule has 2 heterocycles. The number of halogens is 1. The topological polar surface area (TPSA) is 29.9 Å². The number of thioether (sulfide) groups is 1. The maximum atomic E-state index is 13.4. The average molecular weight is 424 g/mol. The molecule has 1 saturated heterocycles. The third-order valence-corrected chi connectivity index (χ3v) is 6.65. The van der Waals surface area contributed by atoms with Crippen LogP contribution >= 0.6 is 11.8 Å². The van der Waals surface area contributed by atoms with E-state index in [4.69, 9.17) is 4.98 Å². The van der Waals surface area contributed by atoms with Gasteiger partial charge in [-0.1, -0.05) is 42.1 Å². The highest BCUT2D eigenvalue weighted by Gasteiger charge is 2.39. The van der Waals surface area contributed by atoms with Crippen LogP contribution in [0, 0.1) is 5.82 Å². The Kier molecular flexibility index (Phi) is 5.78. The second-order valence-corrected chi connectivity index (χ2v) is 10.5. The summed E-state index contributed by atoms with van der Waals surface area (Å²) in [5.41, 5.74) is 3.23. The number of hydrogen-bond acceptors (Lipinski definition) is 3. The standard InChI is InChI=1S/C25H30FN3S/c1-24(2)14-21(15-25(3,4)28-24)29-16-22(19-10-12-20(26)13-11-19)27-23(29)30-17-18-8-6-5-7-9-18/h5-13,16,21,28H,14-15,17H2,1-4H3. The number of nitrogens with zero attached hydrogens (tertiary/aromatic N) is 2. The molecule has 1 fully saturated rings. The van der Waals surface area contributed by atoms with Crippen molar-refractivity contribution in [2.45, 2.75) is 68.6 Å². The van der Waals surface area contributed by atoms with Gasteiger partial charge in [-0.3, -0.25) is 0 Å². The Labute approximate surface area is 183 Å². The van der Waals surface area contributed by atoms with Gasteiger partial charge in [0.15, 0.2) is 5.16 Å². The summed E-state index contributed by atoms with van der Waals surface area (Å²) in [7, 11) is 0. The van der Waals surface area contributed by atoms with Crippen molar-refractivity contribution in [1.29, 1.82) is 0 Å². The van der Waals surface area contributed by atoms with E-state index in [9.17, 15) is 4.39 Å². The van der Waals surface area contributed by atoms with Crippen molar-refractivity contribution >= 4 is 11.8 Å². The lowest BCUT2D eigenvalue weighted by atomic mass is 9.79. The maximum Gasteiger partial charge on any atom is 0.169 e. The molecule has 0 unspecified atom stereocenters. The normalized spacial score (nSPS) is 18.4. The van der Waals surface area contributed by atoms with Gasteiger partial charge in [0.05, 0.1) is 5.69 Å². The Balaban J connectivity index is 1.68. The van der Waals surface area contributed by atoms with E-state index in [1.165, 1.54) is 17.7 Å². The summed E-state index contributed by atoms with van der Waals surface area (Å²) in [5.74, 6) is 0.650. The van der Waals surface area contributed by atoms with E-state index in [-0.39, 0.29) is 16.9 Å². The Morgan fingerprint density at radius 1 is 1.00 bits per heavy atom. The molecule has 1 aliphatic rings. The molecule has 3 nitrogen and oxygen atoms in total. The number of aromatic nitrogens is 2. The van der Waals surface area contributed by atoms with E-state index < -0.39 is 0 Å². The van der Waals surface area contributed by atoms with Gasteiger partial charge in [0.2, 0.25) is 0 Å². The summed E-state index contributed by atoms with van der Waals surface area (Å²) in [6, 6.07) is 17.5. The predicted molar refractivity (Wildman–Crippen MR) is 123 cm³/mol. The number of rotatable bonds is 5. The molecule has 0 atom stereocenters. The summed E-state index contributed by atoms with van der Waals surface area (Å²) in [5, 5.41) is 4.80. The Morgan fingerprint density at radius 2 is 1.63 bits per heavy atom. The largest absolute Gasteiger partial charge is 0.322 e. The lowest BCUT2D eigenvalue weighted by Gasteiger charge is -2.47. The highest BCUT2D eigenvalue weighted by Crippen LogP contribution is 2.39. The van der Waals surface area contributed by atoms with Crippen LogP contribution in [0.4, 0.5) is 4.39 Å². The van der Waals surface area contributed by atoms with Crippen molar-refractivity contribution in [2.75, 3.05) is 0 Å². The van der Waals surface area contributed by atoms with E-state index in [1.54, 1.807) is 11.8 Å². The molecule has 0 amide bonds. The van der Waals surface area contributed by atoms with Crippen molar-refractivity contribution < 1.29 is 4.39 Å². The van der Waals surface area contributed by atoms with Gasteiger partial charge in [0, 0.05) is 34.6 Å². The number of imidazole rings is 1. The number of benzene rings is 2. The van der Waals surface area contributed by atoms with Crippen LogP contribution in [0.1, 0.15) is 52.1 Å². The molecular weight excluding hydrogens is 393 g/mol. The molecule has 1 N–H and O–H groups in total. The fourth-order valence-corrected chi connectivity index (χ4v) is 5.69. The molecule has 0 saturated carbocycles. The summed E-state index contributed by atoms with van der Waals surface area (Å²) in [6.45, 7) is 9.09. The molecule has 158 valence electrons. The maximum absolute atomic E-state index is 13.4. The van der Waals surface area contributed by atoms with E-state index in [0.717, 1.165) is 35.0 Å². The number of piperidine rings is 1. The van der Waals surface area contributed by atoms with Crippen molar-refractivity contribution in [3.05, 3.63) is 72.2 Å². The van der Waals surface area contributed by atoms with Gasteiger partial charge in [-0.2, -0.15) is 0 Å². The summed E-state index contributed by atoms with van der Waals surface area (Å²) in [6.07, 6.45) is 4.23. The van der Waals surface area contributed by atoms with Gasteiger partial charge in [0.1, 0.15) is 5.82 Å². The third kappa shape index (κ3) is 4.96. The first-order valence-electron chi connectivity index (χ1n) is 10.5. The van der Waals surface area contributed by atoms with Crippen LogP contribution in [0.25, 0.3) is 11.3 Å². The zero-order chi connectivity index (χ0) is 21.4. The van der Waals surface area contributed by atoms with Crippen LogP contribution in [-0.4, -0.2) is 20.6 Å². The fraction of sp³-hybridized carbons (Fsp3) is 0.400. The Bertz CT molecular complexity index is 977. The van der Waals surface area contributed by atoms with Crippen molar-refractivity contribution in [1.82, 2.24) is 14.9 Å². The van der Waals surface area contributed by atoms with Crippen molar-refractivity contribution in [3.8, 4) is 11.3 Å². The van der Waals surface area contributed by atoms with Gasteiger partial charge in [-0.25, -0.2) is 9.37 Å². The first-order chi connectivity index (χ1) is 14.2. The zero-order valence-corrected chi connectivity index (χ0v) is 19.0. The highest BCUT2D eigenvalue weighted by molar-refractivity contribution is 7.98. The molecule has 3 aromatic rings. The first kappa shape index (κ1) is 21.1. The van der Waals surface area contributed by atoms with Crippen LogP contribution in [0.5, 0.6) is 0 Å². The lowest BCUT2D eigenvalue weighted by molar-refractivity contribution is 0.128. The molecule has 30 heavy (non-hydrogen) atoms. The average Bonchev–Trinajstić information content (AvgIpc) is 3.10. The van der Waals surface area contributed by atoms with Gasteiger partial charge in [-0.05, 0) is 70.4 Å². The van der Waals surface area contributed by atoms with Gasteiger partial charge in [-0.15, -0.1) is 0 Å². The van der Waals surface area contributed by atoms with E-state index in [0.29, 0.717) is 6.04 Å². The second kappa shape index (κ2) is 8.20. The van der Waals surface area contributed by atoms with E-state index >= 15 is 0 Å². The van der Waals surface area contributed by atoms with Gasteiger partial charge in [0.25, 0.3) is 0 Å². The molecule has 0 radical (unpaired) electrons. The van der Waals surface area contributed by atoms with Crippen LogP contribution in [-0.2, 0) is 5.75 Å². The number of nitrogens with one attached hydrogen (secondary N) is 1. The Hall–Kier alpha value is -2.11. The van der Waals surface area contributed by atoms with Crippen LogP contribution in [0.2, 0.25) is 0 Å². The minimum Gasteiger partial charge on any atom is -0.322 e. The predicted octanol–water partition coefficient (Wildman–Crippen LogP) is 6.46. The minimum absolute atomic E-state index is 0.0497. The zero-order valence-electron chi connectivity index (χ0n) is 18.2. The summed E-state index contributed by atoms with van der Waals surface area (Å²) >= 11 is 1.77. The van der Waals surface area contributed by atoms with Crippen molar-refractivity contribution in [2.24, 2.45) is 0 Å². The minimum atomic E-state index is -0.223. The monoisotopic (exact) mass is 423 g/mol. The van der Waals surface area contributed by atoms with Crippen LogP contribution in [0.15, 0.2) is 66.0 Å². The quantitative estimate of drug-likeness (QED) is 0.477. The van der Waals surface area contributed by atoms with Gasteiger partial charge < -0.3 is 9.88 Å². The Morgan fingerprint density at radius 3 is 2.27 bits per heavy atom. The third-order valence-electron chi connectivity index (χ3n) is 5.61. The summed E-state index contributed by atoms with van der Waals surface area (Å²) < 4.78 is 15.8. The van der Waals surface area contributed by atoms with Crippen LogP contribution in [0.3, 0.4) is 0 Å². The second-order valence-electron chi connectivity index (χ2n) is 9.55. The van der Waals surface area contributed by atoms with Crippen LogP contribution < -0.4 is 5.32 Å². The molecule has 0 spiro atoms. The molecule has 0 bridgehead atoms. The van der Waals surface area contributed by atoms with Crippen molar-refractivity contribution in [3.63, 3.8) is 0 Å². The highest BCUT2D eigenvalue weighted by atomic mass is 32.2. The van der Waals surface area contributed by atoms with Gasteiger partial charge >= 0.3 is 0 Å². The first-order valence-corrected chi connectivity index (χ1v) is 11.5. The van der Waals surface area contributed by atoms with E-state index in [1.807, 2.05) is 18.2 Å². The molecule has 0 aliphatic carbocycles. The summed E-state index contributed by atoms with van der Waals surface area (Å²) in [4.78, 5) is 4.98. The fourth-order valence-electron chi connectivity index (χ4n) is 4.69. The smallest absolute Gasteiger partial charge is 0.169 e. The molecule has 2 aromatic carbocycles. The molecule has 5 heteroatoms. The SMILES string of the molecule is CC1(C)CC(n2cc(-c3ccc(F)cc3)nc2SCc2ccccc2)CC(C)(C)N1. The van der Waals surface area contributed by atoms with E-state index in [2.05, 4.69) is 68.0 Å². The molecule has 4 rings (SSSR count). The lowest BCUT2D eigenvalue weighted by Crippen LogP contribution is -2.57.